The van der Waals surface area contributed by atoms with Gasteiger partial charge in [-0.25, -0.2) is 4.79 Å². The van der Waals surface area contributed by atoms with E-state index in [0.717, 1.165) is 12.0 Å². The molecule has 1 aromatic carbocycles. The van der Waals surface area contributed by atoms with Gasteiger partial charge in [-0.2, -0.15) is 5.10 Å². The van der Waals surface area contributed by atoms with E-state index in [1.807, 2.05) is 18.2 Å². The maximum absolute atomic E-state index is 11.9. The third-order valence-electron chi connectivity index (χ3n) is 3.86. The fourth-order valence-corrected chi connectivity index (χ4v) is 2.37. The smallest absolute Gasteiger partial charge is 0.315 e. The Balaban J connectivity index is 1.85. The van der Waals surface area contributed by atoms with Gasteiger partial charge in [0.25, 0.3) is 0 Å². The minimum absolute atomic E-state index is 0.111. The molecule has 0 aliphatic heterocycles. The third kappa shape index (κ3) is 4.56. The van der Waals surface area contributed by atoms with Gasteiger partial charge in [0.15, 0.2) is 0 Å². The molecular weight excluding hydrogens is 292 g/mol. The molecule has 6 nitrogen and oxygen atoms in total. The van der Waals surface area contributed by atoms with Gasteiger partial charge in [-0.1, -0.05) is 31.2 Å². The van der Waals surface area contributed by atoms with Gasteiger partial charge in [0.05, 0.1) is 12.7 Å². The highest BCUT2D eigenvalue weighted by Crippen LogP contribution is 2.18. The number of carbonyl (C=O) groups is 1. The number of rotatable bonds is 6. The Kier molecular flexibility index (Phi) is 5.39. The predicted octanol–water partition coefficient (Wildman–Crippen LogP) is 1.69. The number of aryl methyl sites for hydroxylation is 2. The predicted molar refractivity (Wildman–Crippen MR) is 88.8 cm³/mol. The van der Waals surface area contributed by atoms with Crippen LogP contribution in [-0.2, 0) is 25.6 Å². The van der Waals surface area contributed by atoms with E-state index >= 15 is 0 Å². The van der Waals surface area contributed by atoms with Crippen LogP contribution in [-0.4, -0.2) is 27.5 Å². The summed E-state index contributed by atoms with van der Waals surface area (Å²) in [5.74, 6) is 0. The number of aliphatic hydroxyl groups is 1. The molecule has 1 heterocycles. The minimum Gasteiger partial charge on any atom is -0.383 e. The van der Waals surface area contributed by atoms with E-state index < -0.39 is 5.60 Å². The standard InChI is InChI=1S/C17H24N4O2/c1-4-13-7-5-6-8-14(13)9-18-16(22)19-12-17(2,23)15-10-20-21(3)11-15/h5-8,10-11,23H,4,9,12H2,1-3H3,(H2,18,19,22). The van der Waals surface area contributed by atoms with Crippen molar-refractivity contribution < 1.29 is 9.90 Å². The Labute approximate surface area is 136 Å². The number of amides is 2. The summed E-state index contributed by atoms with van der Waals surface area (Å²) in [5.41, 5.74) is 1.82. The van der Waals surface area contributed by atoms with Gasteiger partial charge in [0.1, 0.15) is 5.60 Å². The van der Waals surface area contributed by atoms with Crippen LogP contribution in [0.1, 0.15) is 30.5 Å². The van der Waals surface area contributed by atoms with Crippen LogP contribution in [0.2, 0.25) is 0 Å². The van der Waals surface area contributed by atoms with Crippen LogP contribution in [0.3, 0.4) is 0 Å². The van der Waals surface area contributed by atoms with Crippen LogP contribution in [0, 0.1) is 0 Å². The van der Waals surface area contributed by atoms with Crippen LogP contribution < -0.4 is 10.6 Å². The van der Waals surface area contributed by atoms with Gasteiger partial charge in [-0.3, -0.25) is 4.68 Å². The molecule has 3 N–H and O–H groups in total. The molecule has 2 amide bonds. The maximum atomic E-state index is 11.9. The monoisotopic (exact) mass is 316 g/mol. The van der Waals surface area contributed by atoms with E-state index in [1.165, 1.54) is 5.56 Å². The Bertz CT molecular complexity index is 664. The number of carbonyl (C=O) groups excluding carboxylic acids is 1. The van der Waals surface area contributed by atoms with E-state index in [1.54, 1.807) is 31.0 Å². The molecule has 0 fully saturated rings. The van der Waals surface area contributed by atoms with Crippen molar-refractivity contribution in [2.45, 2.75) is 32.4 Å². The van der Waals surface area contributed by atoms with Gasteiger partial charge >= 0.3 is 6.03 Å². The number of aromatic nitrogens is 2. The molecule has 1 aromatic heterocycles. The Morgan fingerprint density at radius 3 is 2.61 bits per heavy atom. The number of hydrogen-bond donors (Lipinski definition) is 3. The highest BCUT2D eigenvalue weighted by atomic mass is 16.3. The lowest BCUT2D eigenvalue weighted by atomic mass is 10.00. The van der Waals surface area contributed by atoms with Crippen LogP contribution in [0.5, 0.6) is 0 Å². The average molecular weight is 316 g/mol. The fraction of sp³-hybridized carbons (Fsp3) is 0.412. The van der Waals surface area contributed by atoms with Crippen molar-refractivity contribution >= 4 is 6.03 Å². The maximum Gasteiger partial charge on any atom is 0.315 e. The van der Waals surface area contributed by atoms with Crippen molar-refractivity contribution in [1.29, 1.82) is 0 Å². The highest BCUT2D eigenvalue weighted by Gasteiger charge is 2.25. The quantitative estimate of drug-likeness (QED) is 0.759. The molecule has 0 spiro atoms. The second kappa shape index (κ2) is 7.28. The molecule has 0 bridgehead atoms. The summed E-state index contributed by atoms with van der Waals surface area (Å²) in [5, 5.41) is 20.0. The van der Waals surface area contributed by atoms with Gasteiger partial charge < -0.3 is 15.7 Å². The molecule has 23 heavy (non-hydrogen) atoms. The largest absolute Gasteiger partial charge is 0.383 e. The van der Waals surface area contributed by atoms with Crippen LogP contribution in [0.15, 0.2) is 36.7 Å². The van der Waals surface area contributed by atoms with Crippen molar-refractivity contribution in [2.24, 2.45) is 7.05 Å². The molecule has 6 heteroatoms. The van der Waals surface area contributed by atoms with E-state index in [4.69, 9.17) is 0 Å². The van der Waals surface area contributed by atoms with Crippen molar-refractivity contribution in [1.82, 2.24) is 20.4 Å². The van der Waals surface area contributed by atoms with Crippen LogP contribution in [0.25, 0.3) is 0 Å². The summed E-state index contributed by atoms with van der Waals surface area (Å²) in [6.07, 6.45) is 4.25. The van der Waals surface area contributed by atoms with Crippen LogP contribution >= 0.6 is 0 Å². The molecule has 0 aliphatic rings. The Morgan fingerprint density at radius 1 is 1.30 bits per heavy atom. The second-order valence-electron chi connectivity index (χ2n) is 5.84. The number of urea groups is 1. The molecule has 0 radical (unpaired) electrons. The number of nitrogens with zero attached hydrogens (tertiary/aromatic N) is 2. The van der Waals surface area contributed by atoms with Gasteiger partial charge in [0, 0.05) is 25.4 Å². The van der Waals surface area contributed by atoms with E-state index in [2.05, 4.69) is 28.7 Å². The summed E-state index contributed by atoms with van der Waals surface area (Å²) >= 11 is 0. The van der Waals surface area contributed by atoms with Crippen molar-refractivity contribution in [3.05, 3.63) is 53.3 Å². The number of hydrogen-bond acceptors (Lipinski definition) is 3. The lowest BCUT2D eigenvalue weighted by Gasteiger charge is -2.22. The lowest BCUT2D eigenvalue weighted by Crippen LogP contribution is -2.43. The zero-order valence-corrected chi connectivity index (χ0v) is 13.8. The summed E-state index contributed by atoms with van der Waals surface area (Å²) in [7, 11) is 1.78. The molecule has 1 atom stereocenters. The summed E-state index contributed by atoms with van der Waals surface area (Å²) < 4.78 is 1.62. The first-order chi connectivity index (χ1) is 10.9. The highest BCUT2D eigenvalue weighted by molar-refractivity contribution is 5.74. The molecule has 2 rings (SSSR count). The van der Waals surface area contributed by atoms with Gasteiger partial charge in [0.2, 0.25) is 0 Å². The Morgan fingerprint density at radius 2 is 2.00 bits per heavy atom. The number of nitrogens with one attached hydrogen (secondary N) is 2. The van der Waals surface area contributed by atoms with E-state index in [-0.39, 0.29) is 12.6 Å². The molecule has 0 aliphatic carbocycles. The number of benzene rings is 1. The topological polar surface area (TPSA) is 79.2 Å². The van der Waals surface area contributed by atoms with Crippen LogP contribution in [0.4, 0.5) is 4.79 Å². The molecule has 2 aromatic rings. The first-order valence-corrected chi connectivity index (χ1v) is 7.72. The first-order valence-electron chi connectivity index (χ1n) is 7.72. The lowest BCUT2D eigenvalue weighted by molar-refractivity contribution is 0.0593. The summed E-state index contributed by atoms with van der Waals surface area (Å²) in [4.78, 5) is 11.9. The van der Waals surface area contributed by atoms with Gasteiger partial charge in [-0.05, 0) is 24.5 Å². The zero-order valence-electron chi connectivity index (χ0n) is 13.8. The van der Waals surface area contributed by atoms with Crippen molar-refractivity contribution in [3.8, 4) is 0 Å². The normalized spacial score (nSPS) is 13.4. The zero-order chi connectivity index (χ0) is 16.9. The molecule has 0 saturated carbocycles. The third-order valence-corrected chi connectivity index (χ3v) is 3.86. The van der Waals surface area contributed by atoms with E-state index in [9.17, 15) is 9.90 Å². The summed E-state index contributed by atoms with van der Waals surface area (Å²) in [6, 6.07) is 7.71. The molecule has 1 unspecified atom stereocenters. The first kappa shape index (κ1) is 17.0. The van der Waals surface area contributed by atoms with Crippen molar-refractivity contribution in [3.63, 3.8) is 0 Å². The molecular formula is C17H24N4O2. The SMILES string of the molecule is CCc1ccccc1CNC(=O)NCC(C)(O)c1cnn(C)c1. The molecule has 124 valence electrons. The Hall–Kier alpha value is -2.34. The second-order valence-corrected chi connectivity index (χ2v) is 5.84. The minimum atomic E-state index is -1.16. The van der Waals surface area contributed by atoms with Crippen molar-refractivity contribution in [2.75, 3.05) is 6.54 Å². The fourth-order valence-electron chi connectivity index (χ4n) is 2.37. The van der Waals surface area contributed by atoms with Gasteiger partial charge in [-0.15, -0.1) is 0 Å². The average Bonchev–Trinajstić information content (AvgIpc) is 2.98. The van der Waals surface area contributed by atoms with E-state index in [0.29, 0.717) is 12.1 Å². The summed E-state index contributed by atoms with van der Waals surface area (Å²) in [6.45, 7) is 4.31. The molecule has 0 saturated heterocycles.